The second-order valence-electron chi connectivity index (χ2n) is 7.29. The van der Waals surface area contributed by atoms with Gasteiger partial charge in [-0.15, -0.1) is 0 Å². The number of aryl methyl sites for hydroxylation is 1. The van der Waals surface area contributed by atoms with Gasteiger partial charge in [-0.1, -0.05) is 23.9 Å². The summed E-state index contributed by atoms with van der Waals surface area (Å²) in [5.41, 5.74) is 0.0585. The van der Waals surface area contributed by atoms with Gasteiger partial charge < -0.3 is 18.8 Å². The first-order valence-corrected chi connectivity index (χ1v) is 11.0. The monoisotopic (exact) mass is 442 g/mol. The van der Waals surface area contributed by atoms with Crippen LogP contribution in [0.5, 0.6) is 0 Å². The maximum Gasteiger partial charge on any atom is 0.289 e. The first-order valence-electron chi connectivity index (χ1n) is 10.0. The van der Waals surface area contributed by atoms with Crippen LogP contribution in [0, 0.1) is 5.82 Å². The molecule has 3 aromatic rings. The third-order valence-electron chi connectivity index (χ3n) is 5.17. The molecule has 4 rings (SSSR count). The molecule has 3 heterocycles. The minimum atomic E-state index is -0.531. The van der Waals surface area contributed by atoms with E-state index in [2.05, 4.69) is 4.98 Å². The molecule has 2 aromatic heterocycles. The lowest BCUT2D eigenvalue weighted by Crippen LogP contribution is -2.37. The normalized spacial score (nSPS) is 14.5. The number of rotatable bonds is 5. The molecule has 2 amide bonds. The van der Waals surface area contributed by atoms with Crippen molar-refractivity contribution in [3.63, 3.8) is 0 Å². The smallest absolute Gasteiger partial charge is 0.289 e. The predicted molar refractivity (Wildman–Crippen MR) is 114 cm³/mol. The number of thioether (sulfide) groups is 1. The van der Waals surface area contributed by atoms with Crippen molar-refractivity contribution in [3.05, 3.63) is 71.7 Å². The maximum absolute atomic E-state index is 14.0. The Balaban J connectivity index is 1.35. The Morgan fingerprint density at radius 1 is 1.06 bits per heavy atom. The molecule has 0 saturated carbocycles. The molecule has 1 fully saturated rings. The summed E-state index contributed by atoms with van der Waals surface area (Å²) < 4.78 is 21.6. The summed E-state index contributed by atoms with van der Waals surface area (Å²) >= 11 is 1.53. The number of nitrogens with zero attached hydrogens (tertiary/aromatic N) is 4. The van der Waals surface area contributed by atoms with Crippen LogP contribution < -0.4 is 0 Å². The molecule has 9 heteroatoms. The van der Waals surface area contributed by atoms with Crippen LogP contribution >= 0.6 is 11.8 Å². The molecule has 0 aliphatic carbocycles. The van der Waals surface area contributed by atoms with Crippen LogP contribution in [0.15, 0.2) is 58.4 Å². The molecule has 1 aliphatic heterocycles. The van der Waals surface area contributed by atoms with Crippen LogP contribution in [0.1, 0.15) is 33.1 Å². The first kappa shape index (κ1) is 21.2. The minimum Gasteiger partial charge on any atom is -0.455 e. The summed E-state index contributed by atoms with van der Waals surface area (Å²) in [6, 6.07) is 9.45. The Kier molecular flexibility index (Phi) is 6.41. The number of furan rings is 1. The third-order valence-corrected chi connectivity index (χ3v) is 6.25. The summed E-state index contributed by atoms with van der Waals surface area (Å²) in [5.74, 6) is 0.471. The first-order chi connectivity index (χ1) is 15.0. The van der Waals surface area contributed by atoms with Gasteiger partial charge in [0.15, 0.2) is 10.9 Å². The lowest BCUT2D eigenvalue weighted by Gasteiger charge is -2.22. The van der Waals surface area contributed by atoms with Crippen LogP contribution in [0.3, 0.4) is 0 Å². The lowest BCUT2D eigenvalue weighted by atomic mass is 10.2. The molecule has 0 unspecified atom stereocenters. The van der Waals surface area contributed by atoms with Crippen molar-refractivity contribution in [2.24, 2.45) is 7.05 Å². The van der Waals surface area contributed by atoms with Crippen molar-refractivity contribution in [1.82, 2.24) is 19.4 Å². The zero-order valence-electron chi connectivity index (χ0n) is 17.2. The number of hydrogen-bond donors (Lipinski definition) is 0. The van der Waals surface area contributed by atoms with E-state index in [-0.39, 0.29) is 23.1 Å². The van der Waals surface area contributed by atoms with E-state index in [0.717, 1.165) is 5.16 Å². The minimum absolute atomic E-state index is 0.0585. The van der Waals surface area contributed by atoms with Gasteiger partial charge in [-0.25, -0.2) is 9.37 Å². The molecular weight excluding hydrogens is 419 g/mol. The van der Waals surface area contributed by atoms with Crippen molar-refractivity contribution >= 4 is 23.6 Å². The van der Waals surface area contributed by atoms with E-state index in [0.29, 0.717) is 44.1 Å². The highest BCUT2D eigenvalue weighted by atomic mass is 32.2. The number of carbonyl (C=O) groups excluding carboxylic acids is 2. The zero-order valence-corrected chi connectivity index (χ0v) is 18.0. The fraction of sp³-hybridized carbons (Fsp3) is 0.318. The van der Waals surface area contributed by atoms with Gasteiger partial charge in [0.2, 0.25) is 0 Å². The quantitative estimate of drug-likeness (QED) is 0.566. The molecule has 0 spiro atoms. The average Bonchev–Trinajstić information content (AvgIpc) is 3.33. The molecule has 7 nitrogen and oxygen atoms in total. The van der Waals surface area contributed by atoms with Gasteiger partial charge in [-0.3, -0.25) is 9.59 Å². The van der Waals surface area contributed by atoms with Crippen molar-refractivity contribution in [1.29, 1.82) is 0 Å². The molecule has 1 aliphatic rings. The topological polar surface area (TPSA) is 71.6 Å². The van der Waals surface area contributed by atoms with Crippen LogP contribution in [-0.4, -0.2) is 57.3 Å². The van der Waals surface area contributed by atoms with E-state index in [9.17, 15) is 14.0 Å². The SMILES string of the molecule is Cn1ccnc1SCc1ccc(C(=O)N2CCCN(C(=O)c3ccccc3F)CC2)o1. The van der Waals surface area contributed by atoms with E-state index in [1.807, 2.05) is 17.8 Å². The second kappa shape index (κ2) is 9.38. The maximum atomic E-state index is 14.0. The average molecular weight is 443 g/mol. The predicted octanol–water partition coefficient (Wildman–Crippen LogP) is 3.43. The summed E-state index contributed by atoms with van der Waals surface area (Å²) in [5, 5.41) is 0.872. The number of amides is 2. The summed E-state index contributed by atoms with van der Waals surface area (Å²) in [6.07, 6.45) is 4.23. The van der Waals surface area contributed by atoms with Gasteiger partial charge in [0, 0.05) is 45.6 Å². The number of aromatic nitrogens is 2. The van der Waals surface area contributed by atoms with Crippen LogP contribution in [0.2, 0.25) is 0 Å². The van der Waals surface area contributed by atoms with Gasteiger partial charge in [-0.05, 0) is 30.7 Å². The second-order valence-corrected chi connectivity index (χ2v) is 8.24. The van der Waals surface area contributed by atoms with Crippen LogP contribution in [0.4, 0.5) is 4.39 Å². The van der Waals surface area contributed by atoms with Gasteiger partial charge in [0.25, 0.3) is 11.8 Å². The number of halogens is 1. The molecule has 0 radical (unpaired) electrons. The fourth-order valence-electron chi connectivity index (χ4n) is 3.48. The summed E-state index contributed by atoms with van der Waals surface area (Å²) in [4.78, 5) is 33.1. The van der Waals surface area contributed by atoms with Gasteiger partial charge in [0.05, 0.1) is 11.3 Å². The van der Waals surface area contributed by atoms with Crippen molar-refractivity contribution in [3.8, 4) is 0 Å². The molecule has 0 atom stereocenters. The molecule has 0 bridgehead atoms. The zero-order chi connectivity index (χ0) is 21.8. The van der Waals surface area contributed by atoms with E-state index in [1.165, 1.54) is 23.9 Å². The van der Waals surface area contributed by atoms with Crippen molar-refractivity contribution in [2.45, 2.75) is 17.3 Å². The van der Waals surface area contributed by atoms with E-state index in [1.54, 1.807) is 40.3 Å². The van der Waals surface area contributed by atoms with E-state index in [4.69, 9.17) is 4.42 Å². The Morgan fingerprint density at radius 3 is 2.52 bits per heavy atom. The highest BCUT2D eigenvalue weighted by Crippen LogP contribution is 2.23. The highest BCUT2D eigenvalue weighted by molar-refractivity contribution is 7.98. The Bertz CT molecular complexity index is 1080. The molecule has 162 valence electrons. The summed E-state index contributed by atoms with van der Waals surface area (Å²) in [7, 11) is 1.92. The number of benzene rings is 1. The molecule has 1 aromatic carbocycles. The van der Waals surface area contributed by atoms with E-state index < -0.39 is 5.82 Å². The number of carbonyl (C=O) groups is 2. The van der Waals surface area contributed by atoms with E-state index >= 15 is 0 Å². The molecule has 31 heavy (non-hydrogen) atoms. The lowest BCUT2D eigenvalue weighted by molar-refractivity contribution is 0.0697. The fourth-order valence-corrected chi connectivity index (χ4v) is 4.31. The molecule has 1 saturated heterocycles. The molecule has 0 N–H and O–H groups in total. The number of imidazole rings is 1. The Labute approximate surface area is 183 Å². The summed E-state index contributed by atoms with van der Waals surface area (Å²) in [6.45, 7) is 1.71. The third kappa shape index (κ3) is 4.82. The number of hydrogen-bond acceptors (Lipinski definition) is 5. The molecular formula is C22H23FN4O3S. The van der Waals surface area contributed by atoms with Gasteiger partial charge in [-0.2, -0.15) is 0 Å². The van der Waals surface area contributed by atoms with Crippen LogP contribution in [0.25, 0.3) is 0 Å². The van der Waals surface area contributed by atoms with Crippen molar-refractivity contribution < 1.29 is 18.4 Å². The standard InChI is InChI=1S/C22H23FN4O3S/c1-25-12-9-24-22(25)31-15-16-7-8-19(30-16)21(29)27-11-4-10-26(13-14-27)20(28)17-5-2-3-6-18(17)23/h2-3,5-9,12H,4,10-11,13-15H2,1H3. The largest absolute Gasteiger partial charge is 0.455 e. The van der Waals surface area contributed by atoms with Gasteiger partial charge in [0.1, 0.15) is 11.6 Å². The Morgan fingerprint density at radius 2 is 1.81 bits per heavy atom. The van der Waals surface area contributed by atoms with Gasteiger partial charge >= 0.3 is 0 Å². The van der Waals surface area contributed by atoms with Crippen molar-refractivity contribution in [2.75, 3.05) is 26.2 Å². The Hall–Kier alpha value is -3.07. The van der Waals surface area contributed by atoms with Crippen LogP contribution in [-0.2, 0) is 12.8 Å². The highest BCUT2D eigenvalue weighted by Gasteiger charge is 2.26.